The molecule has 0 heterocycles. The van der Waals surface area contributed by atoms with Gasteiger partial charge in [0.25, 0.3) is 0 Å². The van der Waals surface area contributed by atoms with E-state index in [2.05, 4.69) is 10.6 Å². The average molecular weight is 308 g/mol. The Labute approximate surface area is 131 Å². The fourth-order valence-electron chi connectivity index (χ4n) is 1.96. The summed E-state index contributed by atoms with van der Waals surface area (Å²) in [6, 6.07) is 6.45. The van der Waals surface area contributed by atoms with Crippen LogP contribution in [0.3, 0.4) is 0 Å². The van der Waals surface area contributed by atoms with Crippen molar-refractivity contribution in [1.29, 1.82) is 0 Å². The Morgan fingerprint density at radius 3 is 2.55 bits per heavy atom. The summed E-state index contributed by atoms with van der Waals surface area (Å²) >= 11 is 0. The van der Waals surface area contributed by atoms with Crippen LogP contribution in [0, 0.1) is 0 Å². The van der Waals surface area contributed by atoms with E-state index < -0.39 is 6.04 Å². The van der Waals surface area contributed by atoms with E-state index in [1.807, 2.05) is 26.0 Å². The molecule has 2 amide bonds. The molecule has 0 spiro atoms. The fourth-order valence-corrected chi connectivity index (χ4v) is 1.96. The molecule has 0 saturated carbocycles. The van der Waals surface area contributed by atoms with Crippen LogP contribution in [0.15, 0.2) is 24.3 Å². The first-order chi connectivity index (χ1) is 10.5. The van der Waals surface area contributed by atoms with Gasteiger partial charge in [-0.15, -0.1) is 0 Å². The van der Waals surface area contributed by atoms with Crippen molar-refractivity contribution in [3.8, 4) is 5.75 Å². The number of amides is 2. The molecule has 0 aromatic heterocycles. The molecule has 0 fully saturated rings. The zero-order valence-electron chi connectivity index (χ0n) is 13.5. The van der Waals surface area contributed by atoms with E-state index in [4.69, 9.17) is 9.47 Å². The minimum atomic E-state index is -0.479. The SMILES string of the molecule is CCOC(=O)C[C@H](NC(=O)NC(C)C)c1cccc(OC)c1. The van der Waals surface area contributed by atoms with Gasteiger partial charge < -0.3 is 20.1 Å². The lowest BCUT2D eigenvalue weighted by Crippen LogP contribution is -2.41. The summed E-state index contributed by atoms with van der Waals surface area (Å²) in [6.45, 7) is 5.79. The predicted octanol–water partition coefficient (Wildman–Crippen LogP) is 2.40. The molecule has 6 nitrogen and oxygen atoms in total. The zero-order chi connectivity index (χ0) is 16.5. The van der Waals surface area contributed by atoms with E-state index in [0.717, 1.165) is 5.56 Å². The molecule has 122 valence electrons. The van der Waals surface area contributed by atoms with Crippen LogP contribution in [0.5, 0.6) is 5.75 Å². The first-order valence-electron chi connectivity index (χ1n) is 7.32. The van der Waals surface area contributed by atoms with Crippen molar-refractivity contribution >= 4 is 12.0 Å². The third kappa shape index (κ3) is 6.03. The Balaban J connectivity index is 2.89. The standard InChI is InChI=1S/C16H24N2O4/c1-5-22-15(19)10-14(18-16(20)17-11(2)3)12-7-6-8-13(9-12)21-4/h6-9,11,14H,5,10H2,1-4H3,(H2,17,18,20)/t14-/m0/s1. The number of benzene rings is 1. The highest BCUT2D eigenvalue weighted by Crippen LogP contribution is 2.22. The quantitative estimate of drug-likeness (QED) is 0.758. The monoisotopic (exact) mass is 308 g/mol. The van der Waals surface area contributed by atoms with Gasteiger partial charge in [-0.1, -0.05) is 12.1 Å². The van der Waals surface area contributed by atoms with E-state index in [9.17, 15) is 9.59 Å². The van der Waals surface area contributed by atoms with Gasteiger partial charge >= 0.3 is 12.0 Å². The number of carbonyl (C=O) groups is 2. The molecule has 0 saturated heterocycles. The topological polar surface area (TPSA) is 76.7 Å². The maximum absolute atomic E-state index is 11.9. The number of ether oxygens (including phenoxy) is 2. The maximum atomic E-state index is 11.9. The Morgan fingerprint density at radius 2 is 1.95 bits per heavy atom. The van der Waals surface area contributed by atoms with Crippen LogP contribution in [-0.2, 0) is 9.53 Å². The summed E-state index contributed by atoms with van der Waals surface area (Å²) in [5.41, 5.74) is 0.784. The lowest BCUT2D eigenvalue weighted by atomic mass is 10.0. The highest BCUT2D eigenvalue weighted by molar-refractivity contribution is 5.76. The maximum Gasteiger partial charge on any atom is 0.315 e. The van der Waals surface area contributed by atoms with Crippen molar-refractivity contribution in [2.24, 2.45) is 0 Å². The molecular formula is C16H24N2O4. The zero-order valence-corrected chi connectivity index (χ0v) is 13.5. The van der Waals surface area contributed by atoms with Gasteiger partial charge in [0.15, 0.2) is 0 Å². The molecule has 0 bridgehead atoms. The second kappa shape index (κ2) is 8.92. The summed E-state index contributed by atoms with van der Waals surface area (Å²) in [5, 5.41) is 5.54. The molecule has 0 aliphatic carbocycles. The van der Waals surface area contributed by atoms with Crippen molar-refractivity contribution in [1.82, 2.24) is 10.6 Å². The molecule has 0 aliphatic rings. The molecule has 22 heavy (non-hydrogen) atoms. The van der Waals surface area contributed by atoms with Crippen LogP contribution < -0.4 is 15.4 Å². The summed E-state index contributed by atoms with van der Waals surface area (Å²) in [7, 11) is 1.57. The smallest absolute Gasteiger partial charge is 0.315 e. The van der Waals surface area contributed by atoms with Crippen LogP contribution in [0.1, 0.15) is 38.8 Å². The highest BCUT2D eigenvalue weighted by Gasteiger charge is 2.20. The number of carbonyl (C=O) groups excluding carboxylic acids is 2. The third-order valence-electron chi connectivity index (χ3n) is 2.90. The molecule has 0 radical (unpaired) electrons. The fraction of sp³-hybridized carbons (Fsp3) is 0.500. The van der Waals surface area contributed by atoms with E-state index in [-0.39, 0.29) is 24.5 Å². The van der Waals surface area contributed by atoms with Gasteiger partial charge in [-0.05, 0) is 38.5 Å². The van der Waals surface area contributed by atoms with E-state index >= 15 is 0 Å². The normalized spacial score (nSPS) is 11.7. The second-order valence-corrected chi connectivity index (χ2v) is 5.11. The van der Waals surface area contributed by atoms with E-state index in [0.29, 0.717) is 12.4 Å². The van der Waals surface area contributed by atoms with Crippen LogP contribution in [0.25, 0.3) is 0 Å². The number of urea groups is 1. The first kappa shape index (κ1) is 17.8. The second-order valence-electron chi connectivity index (χ2n) is 5.11. The molecule has 2 N–H and O–H groups in total. The van der Waals surface area contributed by atoms with Crippen molar-refractivity contribution in [3.05, 3.63) is 29.8 Å². The van der Waals surface area contributed by atoms with Crippen molar-refractivity contribution in [3.63, 3.8) is 0 Å². The van der Waals surface area contributed by atoms with Crippen molar-refractivity contribution in [2.75, 3.05) is 13.7 Å². The average Bonchev–Trinajstić information content (AvgIpc) is 2.46. The molecule has 1 atom stereocenters. The van der Waals surface area contributed by atoms with Gasteiger partial charge in [-0.3, -0.25) is 4.79 Å². The number of hydrogen-bond acceptors (Lipinski definition) is 4. The highest BCUT2D eigenvalue weighted by atomic mass is 16.5. The molecule has 1 aromatic carbocycles. The van der Waals surface area contributed by atoms with Crippen molar-refractivity contribution < 1.29 is 19.1 Å². The summed E-state index contributed by atoms with van der Waals surface area (Å²) < 4.78 is 10.2. The minimum Gasteiger partial charge on any atom is -0.497 e. The van der Waals surface area contributed by atoms with Crippen LogP contribution >= 0.6 is 0 Å². The number of methoxy groups -OCH3 is 1. The Kier molecular flexibility index (Phi) is 7.22. The van der Waals surface area contributed by atoms with Gasteiger partial charge in [0.1, 0.15) is 5.75 Å². The Hall–Kier alpha value is -2.24. The molecule has 0 aliphatic heterocycles. The molecule has 1 rings (SSSR count). The molecule has 0 unspecified atom stereocenters. The van der Waals surface area contributed by atoms with Crippen LogP contribution in [0.4, 0.5) is 4.79 Å². The Bertz CT molecular complexity index is 503. The van der Waals surface area contributed by atoms with E-state index in [1.54, 1.807) is 26.2 Å². The van der Waals surface area contributed by atoms with Gasteiger partial charge in [0.2, 0.25) is 0 Å². The van der Waals surface area contributed by atoms with Gasteiger partial charge in [0.05, 0.1) is 26.2 Å². The summed E-state index contributed by atoms with van der Waals surface area (Å²) in [6.07, 6.45) is 0.0620. The van der Waals surface area contributed by atoms with Gasteiger partial charge in [-0.2, -0.15) is 0 Å². The summed E-state index contributed by atoms with van der Waals surface area (Å²) in [5.74, 6) is 0.303. The lowest BCUT2D eigenvalue weighted by Gasteiger charge is -2.20. The number of rotatable bonds is 7. The Morgan fingerprint density at radius 1 is 1.23 bits per heavy atom. The van der Waals surface area contributed by atoms with Crippen molar-refractivity contribution in [2.45, 2.75) is 39.3 Å². The van der Waals surface area contributed by atoms with Crippen LogP contribution in [0.2, 0.25) is 0 Å². The van der Waals surface area contributed by atoms with Gasteiger partial charge in [-0.25, -0.2) is 4.79 Å². The van der Waals surface area contributed by atoms with Crippen LogP contribution in [-0.4, -0.2) is 31.8 Å². The molecule has 1 aromatic rings. The first-order valence-corrected chi connectivity index (χ1v) is 7.32. The lowest BCUT2D eigenvalue weighted by molar-refractivity contribution is -0.143. The minimum absolute atomic E-state index is 0.00792. The number of hydrogen-bond donors (Lipinski definition) is 2. The number of esters is 1. The van der Waals surface area contributed by atoms with Gasteiger partial charge in [0, 0.05) is 6.04 Å². The molecule has 6 heteroatoms. The predicted molar refractivity (Wildman–Crippen MR) is 83.8 cm³/mol. The van der Waals surface area contributed by atoms with E-state index in [1.165, 1.54) is 0 Å². The summed E-state index contributed by atoms with van der Waals surface area (Å²) in [4.78, 5) is 23.7. The third-order valence-corrected chi connectivity index (χ3v) is 2.90. The largest absolute Gasteiger partial charge is 0.497 e. The molecular weight excluding hydrogens is 284 g/mol. The number of nitrogens with one attached hydrogen (secondary N) is 2.